The molecule has 4 aromatic rings. The van der Waals surface area contributed by atoms with Crippen LogP contribution in [0.5, 0.6) is 0 Å². The molecular formula is C24H22ClFN6O. The van der Waals surface area contributed by atoms with E-state index in [1.165, 1.54) is 0 Å². The fraction of sp³-hybridized carbons (Fsp3) is 0.250. The molecule has 0 radical (unpaired) electrons. The van der Waals surface area contributed by atoms with Crippen LogP contribution in [0.4, 0.5) is 10.2 Å². The van der Waals surface area contributed by atoms with Gasteiger partial charge in [0.2, 0.25) is 0 Å². The van der Waals surface area contributed by atoms with Gasteiger partial charge in [-0.1, -0.05) is 42.6 Å². The molecule has 2 atom stereocenters. The predicted octanol–water partition coefficient (Wildman–Crippen LogP) is 4.97. The number of hydrogen-bond donors (Lipinski definition) is 3. The molecule has 3 aromatic heterocycles. The highest BCUT2D eigenvalue weighted by molar-refractivity contribution is 6.31. The third-order valence-electron chi connectivity index (χ3n) is 5.92. The van der Waals surface area contributed by atoms with Crippen molar-refractivity contribution in [3.8, 4) is 11.4 Å². The first kappa shape index (κ1) is 21.3. The molecule has 0 aliphatic heterocycles. The lowest BCUT2D eigenvalue weighted by Gasteiger charge is -2.33. The minimum atomic E-state index is -0.548. The Bertz CT molecular complexity index is 1290. The number of halogens is 2. The number of aromatic amines is 1. The van der Waals surface area contributed by atoms with Gasteiger partial charge in [-0.15, -0.1) is 0 Å². The third-order valence-corrected chi connectivity index (χ3v) is 6.13. The van der Waals surface area contributed by atoms with Crippen LogP contribution in [0, 0.1) is 5.82 Å². The average molecular weight is 465 g/mol. The highest BCUT2D eigenvalue weighted by Gasteiger charge is 2.28. The smallest absolute Gasteiger partial charge is 0.251 e. The van der Waals surface area contributed by atoms with E-state index in [0.717, 1.165) is 37.3 Å². The number of rotatable bonds is 5. The van der Waals surface area contributed by atoms with Crippen molar-refractivity contribution >= 4 is 34.4 Å². The molecule has 1 amide bonds. The minimum absolute atomic E-state index is 0.107. The summed E-state index contributed by atoms with van der Waals surface area (Å²) in [5, 5.41) is 7.57. The zero-order valence-corrected chi connectivity index (χ0v) is 18.4. The van der Waals surface area contributed by atoms with Crippen LogP contribution < -0.4 is 10.6 Å². The SMILES string of the molecule is O=C(N[C@H]1CCCC[C@@H]1Nc1nc(-c2c[nH]c3ncc(Cl)cc23)ncc1F)c1ccccc1. The molecule has 1 saturated carbocycles. The lowest BCUT2D eigenvalue weighted by Crippen LogP contribution is -2.48. The van der Waals surface area contributed by atoms with E-state index in [-0.39, 0.29) is 23.8 Å². The quantitative estimate of drug-likeness (QED) is 0.387. The molecular weight excluding hydrogens is 443 g/mol. The molecule has 1 fully saturated rings. The summed E-state index contributed by atoms with van der Waals surface area (Å²) in [6.45, 7) is 0. The first-order valence-corrected chi connectivity index (χ1v) is 11.2. The van der Waals surface area contributed by atoms with E-state index in [1.54, 1.807) is 30.6 Å². The largest absolute Gasteiger partial charge is 0.363 e. The number of carbonyl (C=O) groups is 1. The Morgan fingerprint density at radius 2 is 1.88 bits per heavy atom. The molecule has 3 heterocycles. The van der Waals surface area contributed by atoms with Crippen LogP contribution in [0.1, 0.15) is 36.0 Å². The monoisotopic (exact) mass is 464 g/mol. The second-order valence-corrected chi connectivity index (χ2v) is 8.56. The molecule has 0 bridgehead atoms. The molecule has 5 rings (SSSR count). The summed E-state index contributed by atoms with van der Waals surface area (Å²) in [4.78, 5) is 28.6. The second-order valence-electron chi connectivity index (χ2n) is 8.12. The summed E-state index contributed by atoms with van der Waals surface area (Å²) in [5.41, 5.74) is 1.93. The van der Waals surface area contributed by atoms with E-state index < -0.39 is 5.82 Å². The molecule has 3 N–H and O–H groups in total. The van der Waals surface area contributed by atoms with Gasteiger partial charge in [-0.2, -0.15) is 0 Å². The number of nitrogens with zero attached hydrogens (tertiary/aromatic N) is 3. The maximum Gasteiger partial charge on any atom is 0.251 e. The number of anilines is 1. The van der Waals surface area contributed by atoms with Gasteiger partial charge in [0.25, 0.3) is 5.91 Å². The third kappa shape index (κ3) is 4.52. The van der Waals surface area contributed by atoms with Gasteiger partial charge in [0, 0.05) is 41.0 Å². The first-order valence-electron chi connectivity index (χ1n) is 10.9. The van der Waals surface area contributed by atoms with Gasteiger partial charge in [0.05, 0.1) is 11.2 Å². The molecule has 0 saturated heterocycles. The first-order chi connectivity index (χ1) is 16.1. The number of carbonyl (C=O) groups excluding carboxylic acids is 1. The van der Waals surface area contributed by atoms with Gasteiger partial charge in [-0.3, -0.25) is 4.79 Å². The molecule has 0 unspecified atom stereocenters. The van der Waals surface area contributed by atoms with Gasteiger partial charge >= 0.3 is 0 Å². The van der Waals surface area contributed by atoms with Crippen molar-refractivity contribution in [1.29, 1.82) is 0 Å². The fourth-order valence-electron chi connectivity index (χ4n) is 4.25. The number of benzene rings is 1. The molecule has 1 aromatic carbocycles. The number of nitrogens with one attached hydrogen (secondary N) is 3. The summed E-state index contributed by atoms with van der Waals surface area (Å²) in [6, 6.07) is 10.6. The maximum atomic E-state index is 14.7. The normalized spacial score (nSPS) is 18.2. The summed E-state index contributed by atoms with van der Waals surface area (Å²) >= 11 is 6.10. The van der Waals surface area contributed by atoms with Crippen molar-refractivity contribution in [2.24, 2.45) is 0 Å². The lowest BCUT2D eigenvalue weighted by molar-refractivity contribution is 0.0923. The average Bonchev–Trinajstić information content (AvgIpc) is 3.25. The van der Waals surface area contributed by atoms with E-state index >= 15 is 0 Å². The van der Waals surface area contributed by atoms with Crippen molar-refractivity contribution in [1.82, 2.24) is 25.3 Å². The van der Waals surface area contributed by atoms with Crippen LogP contribution in [-0.2, 0) is 0 Å². The van der Waals surface area contributed by atoms with Crippen molar-refractivity contribution in [3.05, 3.63) is 71.4 Å². The van der Waals surface area contributed by atoms with Gasteiger partial charge < -0.3 is 15.6 Å². The van der Waals surface area contributed by atoms with E-state index in [4.69, 9.17) is 11.6 Å². The van der Waals surface area contributed by atoms with Crippen LogP contribution in [0.2, 0.25) is 5.02 Å². The number of aromatic nitrogens is 4. The number of hydrogen-bond acceptors (Lipinski definition) is 5. The topological polar surface area (TPSA) is 95.6 Å². The fourth-order valence-corrected chi connectivity index (χ4v) is 4.41. The Morgan fingerprint density at radius 3 is 2.70 bits per heavy atom. The molecule has 1 aliphatic rings. The van der Waals surface area contributed by atoms with Crippen molar-refractivity contribution in [2.45, 2.75) is 37.8 Å². The zero-order valence-electron chi connectivity index (χ0n) is 17.7. The zero-order chi connectivity index (χ0) is 22.8. The molecule has 168 valence electrons. The van der Waals surface area contributed by atoms with E-state index in [0.29, 0.717) is 27.6 Å². The van der Waals surface area contributed by atoms with Gasteiger partial charge in [0.1, 0.15) is 5.65 Å². The number of H-pyrrole nitrogens is 1. The maximum absolute atomic E-state index is 14.7. The summed E-state index contributed by atoms with van der Waals surface area (Å²) < 4.78 is 14.7. The van der Waals surface area contributed by atoms with Crippen LogP contribution in [-0.4, -0.2) is 37.9 Å². The Balaban J connectivity index is 1.39. The summed E-state index contributed by atoms with van der Waals surface area (Å²) in [6.07, 6.45) is 8.03. The van der Waals surface area contributed by atoms with Crippen molar-refractivity contribution in [2.75, 3.05) is 5.32 Å². The number of amides is 1. The van der Waals surface area contributed by atoms with Gasteiger partial charge in [-0.25, -0.2) is 19.3 Å². The van der Waals surface area contributed by atoms with Crippen LogP contribution in [0.15, 0.2) is 55.0 Å². The van der Waals surface area contributed by atoms with Crippen molar-refractivity contribution in [3.63, 3.8) is 0 Å². The van der Waals surface area contributed by atoms with Crippen LogP contribution in [0.3, 0.4) is 0 Å². The lowest BCUT2D eigenvalue weighted by atomic mass is 9.90. The molecule has 33 heavy (non-hydrogen) atoms. The standard InChI is InChI=1S/C24H22ClFN6O/c25-15-10-16-17(12-28-21(16)27-11-15)22-29-13-18(26)23(32-22)30-19-8-4-5-9-20(19)31-24(33)14-6-2-1-3-7-14/h1-3,6-7,10-13,19-20H,4-5,8-9H2,(H,27,28)(H,31,33)(H,29,30,32)/t19-,20-/m0/s1. The Kier molecular flexibility index (Phi) is 5.92. The Labute approximate surface area is 194 Å². The Hall–Kier alpha value is -3.52. The molecule has 9 heteroatoms. The Morgan fingerprint density at radius 1 is 1.09 bits per heavy atom. The number of pyridine rings is 1. The minimum Gasteiger partial charge on any atom is -0.363 e. The highest BCUT2D eigenvalue weighted by atomic mass is 35.5. The highest BCUT2D eigenvalue weighted by Crippen LogP contribution is 2.29. The van der Waals surface area contributed by atoms with E-state index in [2.05, 4.69) is 30.6 Å². The van der Waals surface area contributed by atoms with Gasteiger partial charge in [0.15, 0.2) is 17.5 Å². The summed E-state index contributed by atoms with van der Waals surface area (Å²) in [7, 11) is 0. The van der Waals surface area contributed by atoms with Gasteiger partial charge in [-0.05, 0) is 31.0 Å². The molecule has 1 aliphatic carbocycles. The van der Waals surface area contributed by atoms with Crippen LogP contribution >= 0.6 is 11.6 Å². The number of fused-ring (bicyclic) bond motifs is 1. The van der Waals surface area contributed by atoms with Crippen molar-refractivity contribution < 1.29 is 9.18 Å². The second kappa shape index (κ2) is 9.15. The molecule has 0 spiro atoms. The van der Waals surface area contributed by atoms with Crippen LogP contribution in [0.25, 0.3) is 22.4 Å². The van der Waals surface area contributed by atoms with E-state index in [9.17, 15) is 9.18 Å². The van der Waals surface area contributed by atoms with E-state index in [1.807, 2.05) is 18.2 Å². The summed E-state index contributed by atoms with van der Waals surface area (Å²) in [5.74, 6) is -0.222. The predicted molar refractivity (Wildman–Crippen MR) is 126 cm³/mol. The molecule has 7 nitrogen and oxygen atoms in total.